The van der Waals surface area contributed by atoms with Gasteiger partial charge in [-0.2, -0.15) is 0 Å². The Labute approximate surface area is 177 Å². The minimum atomic E-state index is -0.423. The molecule has 1 aromatic rings. The van der Waals surface area contributed by atoms with E-state index in [2.05, 4.69) is 10.2 Å². The molecule has 28 heavy (non-hydrogen) atoms. The van der Waals surface area contributed by atoms with Gasteiger partial charge in [0.1, 0.15) is 0 Å². The van der Waals surface area contributed by atoms with Crippen LogP contribution < -0.4 is 10.2 Å². The Morgan fingerprint density at radius 1 is 1.21 bits per heavy atom. The number of hydrogen-bond donors (Lipinski definition) is 1. The molecule has 158 valence electrons. The van der Waals surface area contributed by atoms with Crippen molar-refractivity contribution in [2.24, 2.45) is 5.41 Å². The summed E-state index contributed by atoms with van der Waals surface area (Å²) in [6, 6.07) is 6.67. The molecule has 1 N–H and O–H groups in total. The molecule has 0 atom stereocenters. The highest BCUT2D eigenvalue weighted by Gasteiger charge is 2.42. The summed E-state index contributed by atoms with van der Waals surface area (Å²) in [4.78, 5) is 27.8. The molecule has 0 radical (unpaired) electrons. The fraction of sp³-hybridized carbons (Fsp3) is 0.611. The number of hydrogen-bond acceptors (Lipinski definition) is 6. The molecule has 1 amide bonds. The Kier molecular flexibility index (Phi) is 9.43. The monoisotopic (exact) mass is 434 g/mol. The van der Waals surface area contributed by atoms with Crippen LogP contribution in [0.1, 0.15) is 12.8 Å². The molecule has 8 nitrogen and oxygen atoms in total. The number of amides is 1. The largest absolute Gasteiger partial charge is 0.384 e. The SMILES string of the molecule is COCC1(C(=O)N2CCN(c3cccc([N+](=O)[O-])c3)CC2)CCNCC1.Cl.Cl. The van der Waals surface area contributed by atoms with Crippen molar-refractivity contribution in [2.45, 2.75) is 12.8 Å². The lowest BCUT2D eigenvalue weighted by Gasteiger charge is -2.43. The van der Waals surface area contributed by atoms with Crippen LogP contribution in [0.15, 0.2) is 24.3 Å². The van der Waals surface area contributed by atoms with Gasteiger partial charge in [0.2, 0.25) is 5.91 Å². The van der Waals surface area contributed by atoms with Gasteiger partial charge in [0.25, 0.3) is 5.69 Å². The van der Waals surface area contributed by atoms with Crippen LogP contribution in [0.3, 0.4) is 0 Å². The first kappa shape index (κ1) is 24.4. The summed E-state index contributed by atoms with van der Waals surface area (Å²) in [6.45, 7) is 4.73. The van der Waals surface area contributed by atoms with E-state index in [1.54, 1.807) is 19.2 Å². The summed E-state index contributed by atoms with van der Waals surface area (Å²) in [7, 11) is 1.65. The summed E-state index contributed by atoms with van der Waals surface area (Å²) in [6.07, 6.45) is 1.59. The average Bonchev–Trinajstić information content (AvgIpc) is 2.68. The summed E-state index contributed by atoms with van der Waals surface area (Å²) in [5.74, 6) is 0.180. The molecular formula is C18H28Cl2N4O4. The van der Waals surface area contributed by atoms with Crippen molar-refractivity contribution in [3.63, 3.8) is 0 Å². The number of non-ortho nitro benzene ring substituents is 1. The number of anilines is 1. The number of methoxy groups -OCH3 is 1. The Morgan fingerprint density at radius 2 is 1.86 bits per heavy atom. The van der Waals surface area contributed by atoms with Crippen LogP contribution in [0.2, 0.25) is 0 Å². The summed E-state index contributed by atoms with van der Waals surface area (Å²) in [5, 5.41) is 14.3. The third-order valence-electron chi connectivity index (χ3n) is 5.41. The predicted octanol–water partition coefficient (Wildman–Crippen LogP) is 2.10. The third-order valence-corrected chi connectivity index (χ3v) is 5.41. The maximum atomic E-state index is 13.2. The van der Waals surface area contributed by atoms with Gasteiger partial charge in [-0.15, -0.1) is 24.8 Å². The first-order valence-electron chi connectivity index (χ1n) is 9.04. The summed E-state index contributed by atoms with van der Waals surface area (Å²) >= 11 is 0. The quantitative estimate of drug-likeness (QED) is 0.563. The second-order valence-corrected chi connectivity index (χ2v) is 7.02. The number of piperazine rings is 1. The van der Waals surface area contributed by atoms with Crippen molar-refractivity contribution in [2.75, 3.05) is 57.9 Å². The van der Waals surface area contributed by atoms with Crippen LogP contribution in [-0.4, -0.2) is 68.7 Å². The molecule has 0 aromatic heterocycles. The van der Waals surface area contributed by atoms with Crippen molar-refractivity contribution in [1.29, 1.82) is 0 Å². The lowest BCUT2D eigenvalue weighted by molar-refractivity contribution is -0.384. The number of nitrogens with one attached hydrogen (secondary N) is 1. The van der Waals surface area contributed by atoms with Gasteiger partial charge >= 0.3 is 0 Å². The molecule has 3 rings (SSSR count). The lowest BCUT2D eigenvalue weighted by atomic mass is 9.78. The Balaban J connectivity index is 0.00000196. The van der Waals surface area contributed by atoms with Crippen molar-refractivity contribution in [1.82, 2.24) is 10.2 Å². The molecule has 2 aliphatic heterocycles. The van der Waals surface area contributed by atoms with E-state index in [4.69, 9.17) is 4.74 Å². The molecule has 0 bridgehead atoms. The number of piperidine rings is 1. The number of nitrogens with zero attached hydrogens (tertiary/aromatic N) is 3. The number of halogens is 2. The molecule has 0 aliphatic carbocycles. The fourth-order valence-corrected chi connectivity index (χ4v) is 3.91. The van der Waals surface area contributed by atoms with Gasteiger partial charge < -0.3 is 19.9 Å². The molecule has 1 aromatic carbocycles. The van der Waals surface area contributed by atoms with Crippen molar-refractivity contribution >= 4 is 42.1 Å². The highest BCUT2D eigenvalue weighted by atomic mass is 35.5. The van der Waals surface area contributed by atoms with E-state index in [1.807, 2.05) is 11.0 Å². The highest BCUT2D eigenvalue weighted by molar-refractivity contribution is 5.85. The predicted molar refractivity (Wildman–Crippen MR) is 113 cm³/mol. The van der Waals surface area contributed by atoms with E-state index in [0.29, 0.717) is 32.8 Å². The molecule has 0 unspecified atom stereocenters. The van der Waals surface area contributed by atoms with Gasteiger partial charge in [-0.3, -0.25) is 14.9 Å². The second-order valence-electron chi connectivity index (χ2n) is 7.02. The van der Waals surface area contributed by atoms with E-state index in [0.717, 1.165) is 31.6 Å². The van der Waals surface area contributed by atoms with Crippen LogP contribution in [0.25, 0.3) is 0 Å². The molecule has 2 aliphatic rings. The molecular weight excluding hydrogens is 407 g/mol. The van der Waals surface area contributed by atoms with Crippen LogP contribution >= 0.6 is 24.8 Å². The van der Waals surface area contributed by atoms with Crippen LogP contribution in [0.4, 0.5) is 11.4 Å². The molecule has 0 spiro atoms. The standard InChI is InChI=1S/C18H26N4O4.2ClH/c1-26-14-18(5-7-19-8-6-18)17(23)21-11-9-20(10-12-21)15-3-2-4-16(13-15)22(24)25;;/h2-4,13,19H,5-12,14H2,1H3;2*1H. The van der Waals surface area contributed by atoms with Crippen LogP contribution in [-0.2, 0) is 9.53 Å². The number of nitro groups is 1. The van der Waals surface area contributed by atoms with Gasteiger partial charge in [-0.25, -0.2) is 0 Å². The van der Waals surface area contributed by atoms with E-state index in [1.165, 1.54) is 6.07 Å². The zero-order chi connectivity index (χ0) is 18.6. The van der Waals surface area contributed by atoms with Gasteiger partial charge in [0.05, 0.1) is 16.9 Å². The molecule has 2 saturated heterocycles. The van der Waals surface area contributed by atoms with Gasteiger partial charge in [0.15, 0.2) is 0 Å². The minimum Gasteiger partial charge on any atom is -0.384 e. The molecule has 0 saturated carbocycles. The average molecular weight is 435 g/mol. The Morgan fingerprint density at radius 3 is 2.43 bits per heavy atom. The zero-order valence-electron chi connectivity index (χ0n) is 16.0. The Bertz CT molecular complexity index is 657. The normalized spacial score (nSPS) is 18.6. The molecule has 10 heteroatoms. The number of carbonyl (C=O) groups is 1. The van der Waals surface area contributed by atoms with Crippen molar-refractivity contribution < 1.29 is 14.5 Å². The van der Waals surface area contributed by atoms with Crippen LogP contribution in [0.5, 0.6) is 0 Å². The number of ether oxygens (including phenoxy) is 1. The highest BCUT2D eigenvalue weighted by Crippen LogP contribution is 2.32. The minimum absolute atomic E-state index is 0. The summed E-state index contributed by atoms with van der Waals surface area (Å²) < 4.78 is 5.37. The number of nitro benzene ring substituents is 1. The third kappa shape index (κ3) is 5.26. The van der Waals surface area contributed by atoms with E-state index >= 15 is 0 Å². The molecule has 2 fully saturated rings. The van der Waals surface area contributed by atoms with Crippen molar-refractivity contribution in [3.05, 3.63) is 34.4 Å². The summed E-state index contributed by atoms with van der Waals surface area (Å²) in [5.41, 5.74) is 0.503. The van der Waals surface area contributed by atoms with Crippen LogP contribution in [0, 0.1) is 15.5 Å². The molecule has 2 heterocycles. The van der Waals surface area contributed by atoms with Crippen molar-refractivity contribution in [3.8, 4) is 0 Å². The lowest BCUT2D eigenvalue weighted by Crippen LogP contribution is -2.56. The fourth-order valence-electron chi connectivity index (χ4n) is 3.91. The number of rotatable bonds is 5. The smallest absolute Gasteiger partial charge is 0.271 e. The van der Waals surface area contributed by atoms with E-state index < -0.39 is 5.41 Å². The first-order chi connectivity index (χ1) is 12.6. The van der Waals surface area contributed by atoms with Gasteiger partial charge in [0, 0.05) is 51.1 Å². The second kappa shape index (κ2) is 10.8. The Hall–Kier alpha value is -1.61. The first-order valence-corrected chi connectivity index (χ1v) is 9.04. The van der Waals surface area contributed by atoms with Gasteiger partial charge in [-0.1, -0.05) is 6.07 Å². The van der Waals surface area contributed by atoms with Gasteiger partial charge in [-0.05, 0) is 32.0 Å². The number of carbonyl (C=O) groups excluding carboxylic acids is 1. The maximum Gasteiger partial charge on any atom is 0.271 e. The topological polar surface area (TPSA) is 88.0 Å². The maximum absolute atomic E-state index is 13.2. The van der Waals surface area contributed by atoms with E-state index in [-0.39, 0.29) is 41.3 Å². The van der Waals surface area contributed by atoms with E-state index in [9.17, 15) is 14.9 Å². The number of benzene rings is 1. The zero-order valence-corrected chi connectivity index (χ0v) is 17.6.